The quantitative estimate of drug-likeness (QED) is 0.797. The fourth-order valence-electron chi connectivity index (χ4n) is 3.35. The lowest BCUT2D eigenvalue weighted by Crippen LogP contribution is -2.32. The molecule has 2 heterocycles. The van der Waals surface area contributed by atoms with Crippen LogP contribution in [0.4, 0.5) is 23.0 Å². The molecule has 5 heteroatoms. The summed E-state index contributed by atoms with van der Waals surface area (Å²) in [7, 11) is 1.98. The topological polar surface area (TPSA) is 58.3 Å². The summed E-state index contributed by atoms with van der Waals surface area (Å²) in [5.41, 5.74) is 10.9. The number of rotatable bonds is 3. The van der Waals surface area contributed by atoms with Crippen LogP contribution < -0.4 is 15.5 Å². The molecule has 0 atom stereocenters. The largest absolute Gasteiger partial charge is 0.393 e. The van der Waals surface area contributed by atoms with Crippen molar-refractivity contribution in [3.63, 3.8) is 0 Å². The van der Waals surface area contributed by atoms with Crippen LogP contribution in [0.25, 0.3) is 0 Å². The van der Waals surface area contributed by atoms with Crippen molar-refractivity contribution in [2.45, 2.75) is 13.0 Å². The van der Waals surface area contributed by atoms with Crippen molar-refractivity contribution in [2.24, 2.45) is 0 Å². The van der Waals surface area contributed by atoms with E-state index >= 15 is 0 Å². The Morgan fingerprint density at radius 2 is 1.68 bits per heavy atom. The summed E-state index contributed by atoms with van der Waals surface area (Å²) in [6, 6.07) is 18.6. The molecule has 1 aliphatic heterocycles. The zero-order chi connectivity index (χ0) is 17.2. The van der Waals surface area contributed by atoms with E-state index in [1.807, 2.05) is 42.3 Å². The lowest BCUT2D eigenvalue weighted by atomic mass is 10.00. The second kappa shape index (κ2) is 6.43. The zero-order valence-electron chi connectivity index (χ0n) is 14.3. The monoisotopic (exact) mass is 331 g/mol. The average molecular weight is 331 g/mol. The van der Waals surface area contributed by atoms with E-state index in [2.05, 4.69) is 39.1 Å². The smallest absolute Gasteiger partial charge is 0.161 e. The molecule has 3 aromatic rings. The van der Waals surface area contributed by atoms with E-state index in [1.54, 1.807) is 6.33 Å². The molecule has 1 aliphatic rings. The van der Waals surface area contributed by atoms with Crippen LogP contribution in [0.2, 0.25) is 0 Å². The Morgan fingerprint density at radius 3 is 2.48 bits per heavy atom. The predicted octanol–water partition coefficient (Wildman–Crippen LogP) is 3.39. The van der Waals surface area contributed by atoms with Gasteiger partial charge in [-0.3, -0.25) is 0 Å². The van der Waals surface area contributed by atoms with Gasteiger partial charge in [-0.25, -0.2) is 9.97 Å². The molecule has 4 rings (SSSR count). The van der Waals surface area contributed by atoms with Crippen molar-refractivity contribution >= 4 is 23.0 Å². The lowest BCUT2D eigenvalue weighted by Gasteiger charge is -2.31. The number of benzene rings is 2. The molecule has 0 aliphatic carbocycles. The van der Waals surface area contributed by atoms with Gasteiger partial charge >= 0.3 is 0 Å². The number of nitrogens with zero attached hydrogens (tertiary/aromatic N) is 4. The van der Waals surface area contributed by atoms with E-state index in [4.69, 9.17) is 5.73 Å². The van der Waals surface area contributed by atoms with Gasteiger partial charge in [0.05, 0.1) is 0 Å². The molecule has 25 heavy (non-hydrogen) atoms. The summed E-state index contributed by atoms with van der Waals surface area (Å²) >= 11 is 0. The van der Waals surface area contributed by atoms with Crippen LogP contribution in [0, 0.1) is 0 Å². The van der Waals surface area contributed by atoms with Crippen LogP contribution in [-0.2, 0) is 13.0 Å². The molecule has 0 unspecified atom stereocenters. The zero-order valence-corrected chi connectivity index (χ0v) is 14.3. The molecule has 0 radical (unpaired) electrons. The van der Waals surface area contributed by atoms with E-state index in [1.165, 1.54) is 11.1 Å². The molecule has 2 N–H and O–H groups in total. The van der Waals surface area contributed by atoms with Gasteiger partial charge in [-0.2, -0.15) is 0 Å². The van der Waals surface area contributed by atoms with E-state index in [0.29, 0.717) is 5.69 Å². The highest BCUT2D eigenvalue weighted by Crippen LogP contribution is 2.34. The number of aromatic nitrogens is 2. The summed E-state index contributed by atoms with van der Waals surface area (Å²) in [4.78, 5) is 13.1. The van der Waals surface area contributed by atoms with E-state index in [9.17, 15) is 0 Å². The average Bonchev–Trinajstić information content (AvgIpc) is 2.68. The maximum absolute atomic E-state index is 6.46. The van der Waals surface area contributed by atoms with Gasteiger partial charge in [0.1, 0.15) is 12.0 Å². The fourth-order valence-corrected chi connectivity index (χ4v) is 3.35. The second-order valence-electron chi connectivity index (χ2n) is 6.27. The highest BCUT2D eigenvalue weighted by atomic mass is 15.2. The van der Waals surface area contributed by atoms with Gasteiger partial charge in [0.25, 0.3) is 0 Å². The first-order valence-electron chi connectivity index (χ1n) is 8.45. The highest BCUT2D eigenvalue weighted by molar-refractivity contribution is 5.79. The number of fused-ring (bicyclic) bond motifs is 1. The number of nitrogens with two attached hydrogens (primary N) is 1. The molecule has 126 valence electrons. The van der Waals surface area contributed by atoms with Crippen LogP contribution in [0.15, 0.2) is 60.9 Å². The molecule has 0 amide bonds. The summed E-state index contributed by atoms with van der Waals surface area (Å²) in [6.07, 6.45) is 2.60. The Bertz CT molecular complexity index is 878. The van der Waals surface area contributed by atoms with E-state index < -0.39 is 0 Å². The summed E-state index contributed by atoms with van der Waals surface area (Å²) < 4.78 is 0. The van der Waals surface area contributed by atoms with Gasteiger partial charge in [0, 0.05) is 25.8 Å². The van der Waals surface area contributed by atoms with Gasteiger partial charge < -0.3 is 15.5 Å². The van der Waals surface area contributed by atoms with Gasteiger partial charge in [0.15, 0.2) is 11.6 Å². The van der Waals surface area contributed by atoms with Crippen molar-refractivity contribution in [3.8, 4) is 0 Å². The summed E-state index contributed by atoms with van der Waals surface area (Å²) in [5, 5.41) is 0. The first kappa shape index (κ1) is 15.4. The number of nitrogen functional groups attached to an aromatic ring is 1. The molecule has 0 bridgehead atoms. The van der Waals surface area contributed by atoms with Crippen molar-refractivity contribution in [3.05, 3.63) is 72.1 Å². The lowest BCUT2D eigenvalue weighted by molar-refractivity contribution is 0.720. The first-order valence-corrected chi connectivity index (χ1v) is 8.45. The Morgan fingerprint density at radius 1 is 0.960 bits per heavy atom. The van der Waals surface area contributed by atoms with Gasteiger partial charge in [-0.15, -0.1) is 0 Å². The predicted molar refractivity (Wildman–Crippen MR) is 102 cm³/mol. The molecule has 0 saturated carbocycles. The second-order valence-corrected chi connectivity index (χ2v) is 6.27. The van der Waals surface area contributed by atoms with Crippen LogP contribution in [0.5, 0.6) is 0 Å². The Balaban J connectivity index is 1.66. The van der Waals surface area contributed by atoms with Gasteiger partial charge in [0.2, 0.25) is 0 Å². The van der Waals surface area contributed by atoms with Crippen LogP contribution in [0.3, 0.4) is 0 Å². The molecule has 0 saturated heterocycles. The molecule has 0 spiro atoms. The number of hydrogen-bond donors (Lipinski definition) is 1. The Kier molecular flexibility index (Phi) is 3.98. The minimum absolute atomic E-state index is 0.619. The van der Waals surface area contributed by atoms with Crippen LogP contribution in [-0.4, -0.2) is 23.6 Å². The molecule has 0 fully saturated rings. The standard InChI is InChI=1S/C20H21N5/c1-24(17-9-3-2-4-10-17)19-18(21)20(23-14-22-19)25-12-11-15-7-5-6-8-16(15)13-25/h2-10,14H,11-13,21H2,1H3. The highest BCUT2D eigenvalue weighted by Gasteiger charge is 2.22. The third-order valence-electron chi connectivity index (χ3n) is 4.73. The minimum Gasteiger partial charge on any atom is -0.393 e. The first-order chi connectivity index (χ1) is 12.2. The normalized spacial score (nSPS) is 13.4. The molecular weight excluding hydrogens is 310 g/mol. The van der Waals surface area contributed by atoms with Crippen molar-refractivity contribution < 1.29 is 0 Å². The Hall–Kier alpha value is -3.08. The fraction of sp³-hybridized carbons (Fsp3) is 0.200. The number of hydrogen-bond acceptors (Lipinski definition) is 5. The maximum Gasteiger partial charge on any atom is 0.161 e. The molecule has 2 aromatic carbocycles. The summed E-state index contributed by atoms with van der Waals surface area (Å²) in [5.74, 6) is 1.54. The third kappa shape index (κ3) is 2.89. The molecular formula is C20H21N5. The van der Waals surface area contributed by atoms with Gasteiger partial charge in [-0.1, -0.05) is 42.5 Å². The SMILES string of the molecule is CN(c1ccccc1)c1ncnc(N2CCc3ccccc3C2)c1N. The van der Waals surface area contributed by atoms with Crippen molar-refractivity contribution in [2.75, 3.05) is 29.1 Å². The van der Waals surface area contributed by atoms with Gasteiger partial charge in [-0.05, 0) is 29.7 Å². The van der Waals surface area contributed by atoms with Crippen molar-refractivity contribution in [1.82, 2.24) is 9.97 Å². The third-order valence-corrected chi connectivity index (χ3v) is 4.73. The van der Waals surface area contributed by atoms with E-state index in [0.717, 1.165) is 36.8 Å². The van der Waals surface area contributed by atoms with Crippen LogP contribution in [0.1, 0.15) is 11.1 Å². The summed E-state index contributed by atoms with van der Waals surface area (Å²) in [6.45, 7) is 1.73. The minimum atomic E-state index is 0.619. The van der Waals surface area contributed by atoms with Crippen LogP contribution >= 0.6 is 0 Å². The maximum atomic E-state index is 6.46. The Labute approximate surface area is 147 Å². The molecule has 5 nitrogen and oxygen atoms in total. The molecule has 1 aromatic heterocycles. The number of anilines is 4. The van der Waals surface area contributed by atoms with E-state index in [-0.39, 0.29) is 0 Å². The van der Waals surface area contributed by atoms with Crippen molar-refractivity contribution in [1.29, 1.82) is 0 Å². The number of para-hydroxylation sites is 1.